The molecule has 2 atom stereocenters. The van der Waals surface area contributed by atoms with Crippen LogP contribution in [0.3, 0.4) is 0 Å². The Hall–Kier alpha value is -1.54. The molecule has 5 heteroatoms. The maximum Gasteiger partial charge on any atom is 0.323 e. The highest BCUT2D eigenvalue weighted by Crippen LogP contribution is 2.45. The average molecular weight is 282 g/mol. The lowest BCUT2D eigenvalue weighted by molar-refractivity contribution is -0.169. The second-order valence-electron chi connectivity index (χ2n) is 5.01. The minimum absolute atomic E-state index is 0.208. The van der Waals surface area contributed by atoms with Gasteiger partial charge in [-0.3, -0.25) is 9.59 Å². The molecule has 20 heavy (non-hydrogen) atoms. The zero-order valence-electron chi connectivity index (χ0n) is 12.3. The Morgan fingerprint density at radius 3 is 2.30 bits per heavy atom. The summed E-state index contributed by atoms with van der Waals surface area (Å²) >= 11 is 0. The molecule has 0 aliphatic heterocycles. The molecule has 0 spiro atoms. The summed E-state index contributed by atoms with van der Waals surface area (Å²) in [6.45, 7) is 2.63. The normalized spacial score (nSPS) is 23.9. The Morgan fingerprint density at radius 1 is 1.25 bits per heavy atom. The Labute approximate surface area is 120 Å². The molecule has 0 aromatic rings. The second-order valence-corrected chi connectivity index (χ2v) is 5.01. The van der Waals surface area contributed by atoms with Crippen LogP contribution in [-0.2, 0) is 23.8 Å². The molecule has 0 radical (unpaired) electrons. The number of carbonyl (C=O) groups excluding carboxylic acids is 2. The summed E-state index contributed by atoms with van der Waals surface area (Å²) in [7, 11) is 2.51. The first-order valence-electron chi connectivity index (χ1n) is 6.80. The van der Waals surface area contributed by atoms with E-state index >= 15 is 0 Å². The van der Waals surface area contributed by atoms with Crippen LogP contribution in [0.15, 0.2) is 0 Å². The molecule has 1 fully saturated rings. The standard InChI is InChI=1S/C15H22O5/c1-5-7-8-20-12-10-15(13(16)18-3,14(17)19-4)9-11(12)6-2/h2,11-12H,5,7-10H2,1,3-4H3/t11-,12+/m1/s1. The highest BCUT2D eigenvalue weighted by Gasteiger charge is 2.57. The van der Waals surface area contributed by atoms with Gasteiger partial charge in [0, 0.05) is 18.9 Å². The number of unbranched alkanes of at least 4 members (excludes halogenated alkanes) is 1. The molecule has 1 aliphatic rings. The topological polar surface area (TPSA) is 61.8 Å². The van der Waals surface area contributed by atoms with E-state index in [0.29, 0.717) is 6.61 Å². The molecule has 0 aromatic carbocycles. The largest absolute Gasteiger partial charge is 0.468 e. The second kappa shape index (κ2) is 7.30. The Balaban J connectivity index is 2.91. The highest BCUT2D eigenvalue weighted by atomic mass is 16.5. The third-order valence-corrected chi connectivity index (χ3v) is 3.76. The summed E-state index contributed by atoms with van der Waals surface area (Å²) in [6.07, 6.45) is 7.53. The van der Waals surface area contributed by atoms with E-state index in [1.54, 1.807) is 0 Å². The van der Waals surface area contributed by atoms with Crippen molar-refractivity contribution >= 4 is 11.9 Å². The third kappa shape index (κ3) is 3.13. The van der Waals surface area contributed by atoms with E-state index < -0.39 is 17.4 Å². The first-order chi connectivity index (χ1) is 9.55. The molecule has 0 bridgehead atoms. The molecule has 0 heterocycles. The van der Waals surface area contributed by atoms with Gasteiger partial charge in [-0.25, -0.2) is 0 Å². The molecule has 1 rings (SSSR count). The smallest absolute Gasteiger partial charge is 0.323 e. The van der Waals surface area contributed by atoms with Crippen molar-refractivity contribution in [1.29, 1.82) is 0 Å². The molecular formula is C15H22O5. The van der Waals surface area contributed by atoms with Gasteiger partial charge in [0.1, 0.15) is 0 Å². The number of hydrogen-bond donors (Lipinski definition) is 0. The van der Waals surface area contributed by atoms with Gasteiger partial charge < -0.3 is 14.2 Å². The van der Waals surface area contributed by atoms with Gasteiger partial charge >= 0.3 is 11.9 Å². The van der Waals surface area contributed by atoms with Gasteiger partial charge in [0.25, 0.3) is 0 Å². The predicted octanol–water partition coefficient (Wildman–Crippen LogP) is 1.55. The van der Waals surface area contributed by atoms with E-state index in [-0.39, 0.29) is 24.9 Å². The van der Waals surface area contributed by atoms with Gasteiger partial charge in [0.15, 0.2) is 5.41 Å². The maximum absolute atomic E-state index is 12.0. The molecule has 1 aliphatic carbocycles. The van der Waals surface area contributed by atoms with E-state index in [2.05, 4.69) is 12.8 Å². The maximum atomic E-state index is 12.0. The molecule has 1 saturated carbocycles. The number of esters is 2. The van der Waals surface area contributed by atoms with E-state index in [1.165, 1.54) is 14.2 Å². The average Bonchev–Trinajstić information content (AvgIpc) is 2.86. The van der Waals surface area contributed by atoms with E-state index in [4.69, 9.17) is 20.6 Å². The predicted molar refractivity (Wildman–Crippen MR) is 72.7 cm³/mol. The molecule has 0 amide bonds. The van der Waals surface area contributed by atoms with E-state index in [9.17, 15) is 9.59 Å². The fourth-order valence-corrected chi connectivity index (χ4v) is 2.60. The lowest BCUT2D eigenvalue weighted by atomic mass is 9.85. The number of terminal acetylenes is 1. The Bertz CT molecular complexity index is 380. The molecule has 0 N–H and O–H groups in total. The SMILES string of the molecule is C#C[C@@H]1CC(C(=O)OC)(C(=O)OC)C[C@@H]1OCCCC. The summed E-state index contributed by atoms with van der Waals surface area (Å²) in [5, 5.41) is 0. The fourth-order valence-electron chi connectivity index (χ4n) is 2.60. The van der Waals surface area contributed by atoms with Gasteiger partial charge in [-0.15, -0.1) is 12.3 Å². The van der Waals surface area contributed by atoms with Crippen molar-refractivity contribution in [3.63, 3.8) is 0 Å². The minimum atomic E-state index is -1.34. The van der Waals surface area contributed by atoms with Crippen LogP contribution >= 0.6 is 0 Å². The van der Waals surface area contributed by atoms with Gasteiger partial charge in [-0.05, 0) is 12.8 Å². The number of rotatable bonds is 6. The van der Waals surface area contributed by atoms with Crippen LogP contribution in [0.4, 0.5) is 0 Å². The lowest BCUT2D eigenvalue weighted by Crippen LogP contribution is -2.39. The van der Waals surface area contributed by atoms with E-state index in [0.717, 1.165) is 12.8 Å². The molecule has 0 aromatic heterocycles. The molecule has 5 nitrogen and oxygen atoms in total. The monoisotopic (exact) mass is 282 g/mol. The van der Waals surface area contributed by atoms with Crippen molar-refractivity contribution in [1.82, 2.24) is 0 Å². The van der Waals surface area contributed by atoms with Gasteiger partial charge in [-0.1, -0.05) is 13.3 Å². The van der Waals surface area contributed by atoms with Crippen LogP contribution in [0.1, 0.15) is 32.6 Å². The lowest BCUT2D eigenvalue weighted by Gasteiger charge is -2.22. The number of methoxy groups -OCH3 is 2. The van der Waals surface area contributed by atoms with Gasteiger partial charge in [0.2, 0.25) is 0 Å². The van der Waals surface area contributed by atoms with Crippen molar-refractivity contribution in [2.45, 2.75) is 38.7 Å². The Kier molecular flexibility index (Phi) is 6.03. The van der Waals surface area contributed by atoms with Crippen LogP contribution in [0, 0.1) is 23.7 Å². The minimum Gasteiger partial charge on any atom is -0.468 e. The first-order valence-corrected chi connectivity index (χ1v) is 6.80. The fraction of sp³-hybridized carbons (Fsp3) is 0.733. The van der Waals surface area contributed by atoms with Crippen LogP contribution in [0.5, 0.6) is 0 Å². The first kappa shape index (κ1) is 16.5. The van der Waals surface area contributed by atoms with Crippen molar-refractivity contribution in [3.8, 4) is 12.3 Å². The van der Waals surface area contributed by atoms with Crippen LogP contribution in [0.25, 0.3) is 0 Å². The van der Waals surface area contributed by atoms with Gasteiger partial charge in [0.05, 0.1) is 20.3 Å². The third-order valence-electron chi connectivity index (χ3n) is 3.76. The van der Waals surface area contributed by atoms with Crippen molar-refractivity contribution in [2.24, 2.45) is 11.3 Å². The quantitative estimate of drug-likeness (QED) is 0.320. The summed E-state index contributed by atoms with van der Waals surface area (Å²) in [6, 6.07) is 0. The summed E-state index contributed by atoms with van der Waals surface area (Å²) < 4.78 is 15.3. The number of carbonyl (C=O) groups is 2. The molecule has 112 valence electrons. The van der Waals surface area contributed by atoms with Crippen molar-refractivity contribution in [3.05, 3.63) is 0 Å². The summed E-state index contributed by atoms with van der Waals surface area (Å²) in [4.78, 5) is 24.1. The van der Waals surface area contributed by atoms with Crippen LogP contribution in [0.2, 0.25) is 0 Å². The summed E-state index contributed by atoms with van der Waals surface area (Å²) in [5.41, 5.74) is -1.34. The zero-order valence-corrected chi connectivity index (χ0v) is 12.3. The highest BCUT2D eigenvalue weighted by molar-refractivity contribution is 6.00. The zero-order chi connectivity index (χ0) is 15.2. The summed E-state index contributed by atoms with van der Waals surface area (Å²) in [5.74, 6) is 1.12. The van der Waals surface area contributed by atoms with Crippen molar-refractivity contribution < 1.29 is 23.8 Å². The molecule has 0 unspecified atom stereocenters. The number of hydrogen-bond acceptors (Lipinski definition) is 5. The van der Waals surface area contributed by atoms with E-state index in [1.807, 2.05) is 0 Å². The van der Waals surface area contributed by atoms with Crippen LogP contribution < -0.4 is 0 Å². The molecular weight excluding hydrogens is 260 g/mol. The number of ether oxygens (including phenoxy) is 3. The van der Waals surface area contributed by atoms with Crippen molar-refractivity contribution in [2.75, 3.05) is 20.8 Å². The van der Waals surface area contributed by atoms with Crippen LogP contribution in [-0.4, -0.2) is 38.9 Å². The molecule has 0 saturated heterocycles. The Morgan fingerprint density at radius 2 is 1.85 bits per heavy atom. The van der Waals surface area contributed by atoms with Gasteiger partial charge in [-0.2, -0.15) is 0 Å².